The fraction of sp³-hybridized carbons (Fsp3) is 0.464. The van der Waals surface area contributed by atoms with Crippen molar-refractivity contribution in [1.29, 1.82) is 0 Å². The molecule has 0 aromatic heterocycles. The van der Waals surface area contributed by atoms with Crippen LogP contribution in [0.1, 0.15) is 62.0 Å². The number of amides is 2. The van der Waals surface area contributed by atoms with Crippen molar-refractivity contribution in [2.45, 2.75) is 62.9 Å². The van der Waals surface area contributed by atoms with Crippen LogP contribution in [0.2, 0.25) is 0 Å². The molecular formula is C28H32N2O5. The molecule has 0 unspecified atom stereocenters. The van der Waals surface area contributed by atoms with Gasteiger partial charge < -0.3 is 20.5 Å². The van der Waals surface area contributed by atoms with Crippen LogP contribution < -0.4 is 10.6 Å². The minimum Gasteiger partial charge on any atom is -0.480 e. The van der Waals surface area contributed by atoms with Crippen molar-refractivity contribution in [3.63, 3.8) is 0 Å². The number of carbonyl (C=O) groups is 3. The van der Waals surface area contributed by atoms with Crippen LogP contribution in [-0.2, 0) is 14.3 Å². The monoisotopic (exact) mass is 476 g/mol. The molecule has 2 saturated carbocycles. The SMILES string of the molecule is O=C(N[C@@H]1CCCC[C@@H]1C(=O)N[C@@H](CC1CC1)C(=O)O)OCC1c2ccccc2-c2ccccc21. The summed E-state index contributed by atoms with van der Waals surface area (Å²) in [6.07, 6.45) is 5.05. The van der Waals surface area contributed by atoms with Gasteiger partial charge in [0.25, 0.3) is 0 Å². The standard InChI is InChI=1S/C28H32N2O5/c31-26(29-25(27(32)33)15-17-13-14-17)22-11-5-6-12-24(22)30-28(34)35-16-23-20-9-3-1-7-18(20)19-8-2-4-10-21(19)23/h1-4,7-10,17,22-25H,5-6,11-16H2,(H,29,31)(H,30,34)(H,32,33)/t22-,24+,25-/m0/s1. The van der Waals surface area contributed by atoms with Gasteiger partial charge in [-0.05, 0) is 47.4 Å². The minimum absolute atomic E-state index is 0.0302. The van der Waals surface area contributed by atoms with E-state index >= 15 is 0 Å². The summed E-state index contributed by atoms with van der Waals surface area (Å²) >= 11 is 0. The number of nitrogens with one attached hydrogen (secondary N) is 2. The van der Waals surface area contributed by atoms with E-state index in [0.717, 1.165) is 36.8 Å². The van der Waals surface area contributed by atoms with Crippen LogP contribution in [-0.4, -0.2) is 41.8 Å². The van der Waals surface area contributed by atoms with Crippen LogP contribution in [0.4, 0.5) is 4.79 Å². The first-order chi connectivity index (χ1) is 17.0. The van der Waals surface area contributed by atoms with Gasteiger partial charge in [-0.1, -0.05) is 74.2 Å². The van der Waals surface area contributed by atoms with E-state index in [2.05, 4.69) is 34.9 Å². The van der Waals surface area contributed by atoms with Gasteiger partial charge in [-0.3, -0.25) is 4.79 Å². The molecule has 0 spiro atoms. The van der Waals surface area contributed by atoms with Crippen LogP contribution in [0.25, 0.3) is 11.1 Å². The lowest BCUT2D eigenvalue weighted by atomic mass is 9.83. The van der Waals surface area contributed by atoms with Crippen molar-refractivity contribution in [2.24, 2.45) is 11.8 Å². The predicted octanol–water partition coefficient (Wildman–Crippen LogP) is 4.45. The normalized spacial score (nSPS) is 21.9. The number of fused-ring (bicyclic) bond motifs is 3. The van der Waals surface area contributed by atoms with Crippen LogP contribution >= 0.6 is 0 Å². The Morgan fingerprint density at radius 3 is 2.17 bits per heavy atom. The zero-order valence-corrected chi connectivity index (χ0v) is 19.7. The van der Waals surface area contributed by atoms with Gasteiger partial charge in [0, 0.05) is 12.0 Å². The number of carboxylic acids is 1. The van der Waals surface area contributed by atoms with Crippen LogP contribution in [0.3, 0.4) is 0 Å². The van der Waals surface area contributed by atoms with Crippen molar-refractivity contribution < 1.29 is 24.2 Å². The molecule has 0 saturated heterocycles. The number of rotatable bonds is 8. The number of benzene rings is 2. The fourth-order valence-corrected chi connectivity index (χ4v) is 5.60. The Labute approximate surface area is 205 Å². The molecule has 7 heteroatoms. The van der Waals surface area contributed by atoms with Gasteiger partial charge in [0.15, 0.2) is 0 Å². The molecule has 0 heterocycles. The molecule has 2 aromatic rings. The first-order valence-corrected chi connectivity index (χ1v) is 12.7. The Kier molecular flexibility index (Phi) is 6.75. The molecule has 5 rings (SSSR count). The van der Waals surface area contributed by atoms with E-state index in [-0.39, 0.29) is 24.5 Å². The molecular weight excluding hydrogens is 444 g/mol. The number of hydrogen-bond acceptors (Lipinski definition) is 4. The number of carboxylic acid groups (broad SMARTS) is 1. The lowest BCUT2D eigenvalue weighted by molar-refractivity contribution is -0.143. The fourth-order valence-electron chi connectivity index (χ4n) is 5.60. The molecule has 2 amide bonds. The van der Waals surface area contributed by atoms with Crippen molar-refractivity contribution in [1.82, 2.24) is 10.6 Å². The molecule has 0 aliphatic heterocycles. The average molecular weight is 477 g/mol. The lowest BCUT2D eigenvalue weighted by Crippen LogP contribution is -2.52. The number of aliphatic carboxylic acids is 1. The highest BCUT2D eigenvalue weighted by atomic mass is 16.5. The van der Waals surface area contributed by atoms with Gasteiger partial charge in [-0.15, -0.1) is 0 Å². The zero-order chi connectivity index (χ0) is 24.4. The second-order valence-corrected chi connectivity index (χ2v) is 10.0. The number of ether oxygens (including phenoxy) is 1. The first-order valence-electron chi connectivity index (χ1n) is 12.7. The maximum Gasteiger partial charge on any atom is 0.407 e. The Hall–Kier alpha value is -3.35. The summed E-state index contributed by atoms with van der Waals surface area (Å²) in [5.41, 5.74) is 4.62. The predicted molar refractivity (Wildman–Crippen MR) is 131 cm³/mol. The molecule has 3 atom stereocenters. The molecule has 3 aliphatic carbocycles. The Balaban J connectivity index is 1.20. The van der Waals surface area contributed by atoms with Gasteiger partial charge in [0.05, 0.1) is 5.92 Å². The topological polar surface area (TPSA) is 105 Å². The summed E-state index contributed by atoms with van der Waals surface area (Å²) in [5.74, 6) is -1.39. The molecule has 0 radical (unpaired) electrons. The third-order valence-corrected chi connectivity index (χ3v) is 7.63. The first kappa shape index (κ1) is 23.4. The van der Waals surface area contributed by atoms with E-state index in [1.54, 1.807) is 0 Å². The highest BCUT2D eigenvalue weighted by Gasteiger charge is 2.36. The van der Waals surface area contributed by atoms with E-state index in [9.17, 15) is 19.5 Å². The molecule has 2 fully saturated rings. The molecule has 2 aromatic carbocycles. The van der Waals surface area contributed by atoms with Crippen LogP contribution in [0, 0.1) is 11.8 Å². The largest absolute Gasteiger partial charge is 0.480 e. The Morgan fingerprint density at radius 2 is 1.54 bits per heavy atom. The van der Waals surface area contributed by atoms with Crippen LogP contribution in [0.5, 0.6) is 0 Å². The summed E-state index contributed by atoms with van der Waals surface area (Å²) in [4.78, 5) is 37.4. The van der Waals surface area contributed by atoms with E-state index in [1.165, 1.54) is 11.1 Å². The summed E-state index contributed by atoms with van der Waals surface area (Å²) in [7, 11) is 0. The summed E-state index contributed by atoms with van der Waals surface area (Å²) in [6, 6.07) is 15.1. The molecule has 3 N–H and O–H groups in total. The molecule has 3 aliphatic rings. The molecule has 0 bridgehead atoms. The smallest absolute Gasteiger partial charge is 0.407 e. The highest BCUT2D eigenvalue weighted by Crippen LogP contribution is 2.44. The molecule has 35 heavy (non-hydrogen) atoms. The molecule has 7 nitrogen and oxygen atoms in total. The zero-order valence-electron chi connectivity index (χ0n) is 19.7. The van der Waals surface area contributed by atoms with Gasteiger partial charge >= 0.3 is 12.1 Å². The van der Waals surface area contributed by atoms with Crippen molar-refractivity contribution in [3.05, 3.63) is 59.7 Å². The number of hydrogen-bond donors (Lipinski definition) is 3. The summed E-state index contributed by atoms with van der Waals surface area (Å²) in [6.45, 7) is 0.214. The van der Waals surface area contributed by atoms with Gasteiger partial charge in [0.1, 0.15) is 12.6 Å². The second kappa shape index (κ2) is 10.1. The number of carbonyl (C=O) groups excluding carboxylic acids is 2. The highest BCUT2D eigenvalue weighted by molar-refractivity contribution is 5.86. The van der Waals surface area contributed by atoms with E-state index in [4.69, 9.17) is 4.74 Å². The van der Waals surface area contributed by atoms with Crippen molar-refractivity contribution in [3.8, 4) is 11.1 Å². The average Bonchev–Trinajstić information content (AvgIpc) is 3.63. The molecule has 184 valence electrons. The summed E-state index contributed by atoms with van der Waals surface area (Å²) < 4.78 is 5.67. The second-order valence-electron chi connectivity index (χ2n) is 10.0. The maximum atomic E-state index is 13.0. The van der Waals surface area contributed by atoms with Gasteiger partial charge in [0.2, 0.25) is 5.91 Å². The van der Waals surface area contributed by atoms with Gasteiger partial charge in [-0.25, -0.2) is 9.59 Å². The minimum atomic E-state index is -0.998. The summed E-state index contributed by atoms with van der Waals surface area (Å²) in [5, 5.41) is 15.2. The van der Waals surface area contributed by atoms with Gasteiger partial charge in [-0.2, -0.15) is 0 Å². The van der Waals surface area contributed by atoms with Crippen LogP contribution in [0.15, 0.2) is 48.5 Å². The third kappa shape index (κ3) is 5.19. The third-order valence-electron chi connectivity index (χ3n) is 7.63. The van der Waals surface area contributed by atoms with Crippen molar-refractivity contribution in [2.75, 3.05) is 6.61 Å². The van der Waals surface area contributed by atoms with E-state index < -0.39 is 24.0 Å². The van der Waals surface area contributed by atoms with E-state index in [0.29, 0.717) is 25.2 Å². The Morgan fingerprint density at radius 1 is 0.914 bits per heavy atom. The van der Waals surface area contributed by atoms with Crippen molar-refractivity contribution >= 4 is 18.0 Å². The number of alkyl carbamates (subject to hydrolysis) is 1. The lowest BCUT2D eigenvalue weighted by Gasteiger charge is -2.32. The maximum absolute atomic E-state index is 13.0. The Bertz CT molecular complexity index is 1070. The van der Waals surface area contributed by atoms with E-state index in [1.807, 2.05) is 24.3 Å². The quantitative estimate of drug-likeness (QED) is 0.522.